The minimum atomic E-state index is 0.881. The summed E-state index contributed by atoms with van der Waals surface area (Å²) in [7, 11) is 0. The lowest BCUT2D eigenvalue weighted by Gasteiger charge is -2.30. The van der Waals surface area contributed by atoms with Crippen LogP contribution in [0.15, 0.2) is 0 Å². The van der Waals surface area contributed by atoms with E-state index in [0.717, 1.165) is 18.1 Å². The van der Waals surface area contributed by atoms with Gasteiger partial charge in [-0.25, -0.2) is 0 Å². The number of hydrogen-bond donors (Lipinski definition) is 0. The van der Waals surface area contributed by atoms with Crippen molar-refractivity contribution < 1.29 is 0 Å². The highest BCUT2D eigenvalue weighted by Gasteiger charge is 2.38. The van der Waals surface area contributed by atoms with Crippen LogP contribution < -0.4 is 0 Å². The number of rotatable bonds is 0. The summed E-state index contributed by atoms with van der Waals surface area (Å²) in [6.45, 7) is 8.20. The van der Waals surface area contributed by atoms with Gasteiger partial charge >= 0.3 is 0 Å². The average molecular weight is 249 g/mol. The van der Waals surface area contributed by atoms with Gasteiger partial charge in [-0.15, -0.1) is 0 Å². The molecular formula is C15H27N3. The molecule has 0 bridgehead atoms. The van der Waals surface area contributed by atoms with Gasteiger partial charge in [0.2, 0.25) is 0 Å². The van der Waals surface area contributed by atoms with Crippen molar-refractivity contribution in [3.05, 3.63) is 0 Å². The third-order valence-corrected chi connectivity index (χ3v) is 5.83. The van der Waals surface area contributed by atoms with Gasteiger partial charge in [-0.3, -0.25) is 14.7 Å². The van der Waals surface area contributed by atoms with E-state index in [1.165, 1.54) is 77.8 Å². The maximum absolute atomic E-state index is 2.82. The Morgan fingerprint density at radius 1 is 0.500 bits per heavy atom. The molecule has 0 aromatic carbocycles. The number of nitrogens with zero attached hydrogens (tertiary/aromatic N) is 3. The van der Waals surface area contributed by atoms with Crippen LogP contribution in [0.1, 0.15) is 38.5 Å². The fraction of sp³-hybridized carbons (Fsp3) is 1.00. The highest BCUT2D eigenvalue weighted by atomic mass is 15.3. The molecule has 0 aliphatic carbocycles. The summed E-state index contributed by atoms with van der Waals surface area (Å²) in [6, 6.07) is 2.64. The van der Waals surface area contributed by atoms with Gasteiger partial charge in [0.1, 0.15) is 0 Å². The molecule has 4 rings (SSSR count). The molecule has 18 heavy (non-hydrogen) atoms. The van der Waals surface area contributed by atoms with Crippen molar-refractivity contribution in [3.8, 4) is 0 Å². The van der Waals surface area contributed by atoms with Gasteiger partial charge in [-0.05, 0) is 58.2 Å². The Hall–Kier alpha value is -0.120. The van der Waals surface area contributed by atoms with Crippen molar-refractivity contribution in [2.45, 2.75) is 56.7 Å². The van der Waals surface area contributed by atoms with Crippen LogP contribution >= 0.6 is 0 Å². The van der Waals surface area contributed by atoms with E-state index in [4.69, 9.17) is 0 Å². The van der Waals surface area contributed by atoms with Gasteiger partial charge in [-0.1, -0.05) is 0 Å². The number of hydrogen-bond acceptors (Lipinski definition) is 3. The third-order valence-electron chi connectivity index (χ3n) is 5.83. The van der Waals surface area contributed by atoms with Crippen LogP contribution in [0.5, 0.6) is 0 Å². The molecule has 0 radical (unpaired) electrons. The van der Waals surface area contributed by atoms with Gasteiger partial charge in [0.05, 0.1) is 0 Å². The molecule has 0 N–H and O–H groups in total. The fourth-order valence-electron chi connectivity index (χ4n) is 4.84. The van der Waals surface area contributed by atoms with E-state index >= 15 is 0 Å². The summed E-state index contributed by atoms with van der Waals surface area (Å²) in [5.74, 6) is 0. The summed E-state index contributed by atoms with van der Waals surface area (Å²) in [4.78, 5) is 8.47. The first kappa shape index (κ1) is 11.7. The fourth-order valence-corrected chi connectivity index (χ4v) is 4.84. The van der Waals surface area contributed by atoms with Crippen molar-refractivity contribution in [2.24, 2.45) is 0 Å². The number of fused-ring (bicyclic) bond motifs is 3. The van der Waals surface area contributed by atoms with Gasteiger partial charge in [0, 0.05) is 37.8 Å². The Bertz CT molecular complexity index is 235. The average Bonchev–Trinajstić information content (AvgIpc) is 3.04. The van der Waals surface area contributed by atoms with E-state index in [0.29, 0.717) is 0 Å². The maximum atomic E-state index is 2.82. The third kappa shape index (κ3) is 2.00. The molecule has 0 aromatic heterocycles. The van der Waals surface area contributed by atoms with Crippen LogP contribution in [0.4, 0.5) is 0 Å². The van der Waals surface area contributed by atoms with Crippen molar-refractivity contribution in [1.82, 2.24) is 14.7 Å². The molecule has 4 fully saturated rings. The molecule has 0 spiro atoms. The van der Waals surface area contributed by atoms with Crippen molar-refractivity contribution >= 4 is 0 Å². The molecule has 3 atom stereocenters. The van der Waals surface area contributed by atoms with Crippen LogP contribution in [0.3, 0.4) is 0 Å². The lowest BCUT2D eigenvalue weighted by atomic mass is 10.1. The molecule has 4 saturated heterocycles. The molecule has 4 aliphatic rings. The minimum Gasteiger partial charge on any atom is -0.298 e. The van der Waals surface area contributed by atoms with E-state index in [1.807, 2.05) is 0 Å². The highest BCUT2D eigenvalue weighted by Crippen LogP contribution is 2.30. The smallest absolute Gasteiger partial charge is 0.0224 e. The van der Waals surface area contributed by atoms with Crippen LogP contribution in [0.2, 0.25) is 0 Å². The van der Waals surface area contributed by atoms with Crippen LogP contribution in [-0.4, -0.2) is 72.1 Å². The summed E-state index contributed by atoms with van der Waals surface area (Å²) in [5, 5.41) is 0. The van der Waals surface area contributed by atoms with E-state index < -0.39 is 0 Å². The lowest BCUT2D eigenvalue weighted by Crippen LogP contribution is -2.43. The van der Waals surface area contributed by atoms with E-state index in [9.17, 15) is 0 Å². The van der Waals surface area contributed by atoms with Crippen molar-refractivity contribution in [2.75, 3.05) is 39.3 Å². The quantitative estimate of drug-likeness (QED) is 0.642. The summed E-state index contributed by atoms with van der Waals surface area (Å²) < 4.78 is 0. The van der Waals surface area contributed by atoms with Gasteiger partial charge < -0.3 is 0 Å². The highest BCUT2D eigenvalue weighted by molar-refractivity contribution is 4.95. The Balaban J connectivity index is 1.57. The van der Waals surface area contributed by atoms with Crippen LogP contribution in [0, 0.1) is 0 Å². The predicted molar refractivity (Wildman–Crippen MR) is 73.8 cm³/mol. The summed E-state index contributed by atoms with van der Waals surface area (Å²) >= 11 is 0. The van der Waals surface area contributed by atoms with E-state index in [-0.39, 0.29) is 0 Å². The topological polar surface area (TPSA) is 9.72 Å². The monoisotopic (exact) mass is 249 g/mol. The van der Waals surface area contributed by atoms with Gasteiger partial charge in [-0.2, -0.15) is 0 Å². The molecule has 0 saturated carbocycles. The molecule has 102 valence electrons. The summed E-state index contributed by atoms with van der Waals surface area (Å²) in [6.07, 6.45) is 8.68. The zero-order valence-electron chi connectivity index (χ0n) is 11.6. The first-order valence-corrected chi connectivity index (χ1v) is 8.12. The molecule has 3 nitrogen and oxygen atoms in total. The van der Waals surface area contributed by atoms with Gasteiger partial charge in [0.25, 0.3) is 0 Å². The molecule has 0 aromatic rings. The molecule has 4 aliphatic heterocycles. The zero-order chi connectivity index (χ0) is 11.9. The van der Waals surface area contributed by atoms with Crippen LogP contribution in [-0.2, 0) is 0 Å². The first-order valence-electron chi connectivity index (χ1n) is 8.12. The Labute approximate surface area is 111 Å². The largest absolute Gasteiger partial charge is 0.298 e. The van der Waals surface area contributed by atoms with Crippen LogP contribution in [0.25, 0.3) is 0 Å². The Kier molecular flexibility index (Phi) is 3.10. The zero-order valence-corrected chi connectivity index (χ0v) is 11.6. The van der Waals surface area contributed by atoms with E-state index in [1.54, 1.807) is 0 Å². The van der Waals surface area contributed by atoms with E-state index in [2.05, 4.69) is 14.7 Å². The van der Waals surface area contributed by atoms with Crippen molar-refractivity contribution in [3.63, 3.8) is 0 Å². The molecule has 4 heterocycles. The van der Waals surface area contributed by atoms with Gasteiger partial charge in [0.15, 0.2) is 0 Å². The SMILES string of the molecule is C1CC2CN3CCCC3CN3CCCC3CN2C1. The molecular weight excluding hydrogens is 222 g/mol. The standard InChI is InChI=1S/C15H27N3/c1-4-13-10-17-8-3-6-15(17)12-18-9-2-5-14(18)11-16(13)7-1/h13-15H,1-12H2. The molecule has 3 unspecified atom stereocenters. The normalized spacial score (nSPS) is 43.0. The summed E-state index contributed by atoms with van der Waals surface area (Å²) in [5.41, 5.74) is 0. The first-order chi connectivity index (χ1) is 8.90. The Morgan fingerprint density at radius 3 is 1.17 bits per heavy atom. The second-order valence-corrected chi connectivity index (χ2v) is 6.87. The lowest BCUT2D eigenvalue weighted by molar-refractivity contribution is 0.173. The predicted octanol–water partition coefficient (Wildman–Crippen LogP) is 1.39. The maximum Gasteiger partial charge on any atom is 0.0224 e. The second-order valence-electron chi connectivity index (χ2n) is 6.87. The molecule has 3 heteroatoms. The minimum absolute atomic E-state index is 0.881. The second kappa shape index (κ2) is 4.77. The Morgan fingerprint density at radius 2 is 0.833 bits per heavy atom. The van der Waals surface area contributed by atoms with Crippen molar-refractivity contribution in [1.29, 1.82) is 0 Å². The molecule has 0 amide bonds.